The molecule has 1 aliphatic carbocycles. The Labute approximate surface area is 400 Å². The first-order valence-corrected chi connectivity index (χ1v) is 25.1. The number of carbonyl (C=O) groups excluding carboxylic acids is 4. The number of piperidine rings is 1. The number of hydrogen-bond acceptors (Lipinski definition) is 13. The van der Waals surface area contributed by atoms with Crippen LogP contribution in [0.3, 0.4) is 0 Å². The number of Topliss-reactive ketones (excluding diaryl/α,β-unsaturated/α-hetero) is 2. The van der Waals surface area contributed by atoms with Crippen LogP contribution >= 0.6 is 0 Å². The van der Waals surface area contributed by atoms with Crippen LogP contribution in [-0.4, -0.2) is 139 Å². The van der Waals surface area contributed by atoms with Gasteiger partial charge < -0.3 is 48.6 Å². The third kappa shape index (κ3) is 15.7. The van der Waals surface area contributed by atoms with Gasteiger partial charge in [-0.2, -0.15) is 0 Å². The van der Waals surface area contributed by atoms with Crippen molar-refractivity contribution in [2.45, 2.75) is 186 Å². The van der Waals surface area contributed by atoms with Crippen LogP contribution < -0.4 is 0 Å². The minimum atomic E-state index is -2.38. The Morgan fingerprint density at radius 2 is 1.57 bits per heavy atom. The number of hydrogen-bond donors (Lipinski definition) is 3. The quantitative estimate of drug-likeness (QED) is 0.122. The lowest BCUT2D eigenvalue weighted by Gasteiger charge is -2.42. The minimum Gasteiger partial charge on any atom is -0.461 e. The van der Waals surface area contributed by atoms with Gasteiger partial charge in [0.1, 0.15) is 24.4 Å². The predicted octanol–water partition coefficient (Wildman–Crippen LogP) is 7.02. The SMILES string of the molecule is CO[C@H]1C[C@@H]2CC[C@@H](C)[C@@](O)(O2)C(=O)C(=O)N2CCCC[C@H]2C(=O)O[C@H]([C@H](C)C[C@@H]2CC[C@@H](OCCO)[C@H](OC)C2)CC[C@H](C)/C=C(\C)[C@@H](O)[C@@H](OC)C(=O)[C@H](C)C[C@H](C)/C=C/C=C/C=C/1C. The number of aliphatic hydroxyl groups excluding tert-OH is 2. The van der Waals surface area contributed by atoms with Crippen molar-refractivity contribution in [1.29, 1.82) is 0 Å². The van der Waals surface area contributed by atoms with Crippen LogP contribution in [0.1, 0.15) is 132 Å². The second-order valence-electron chi connectivity index (χ2n) is 20.3. The maximum absolute atomic E-state index is 14.5. The molecule has 14 heteroatoms. The highest BCUT2D eigenvalue weighted by atomic mass is 16.6. The lowest BCUT2D eigenvalue weighted by molar-refractivity contribution is -0.265. The average Bonchev–Trinajstić information content (AvgIpc) is 3.31. The largest absolute Gasteiger partial charge is 0.461 e. The Hall–Kier alpha value is -3.08. The van der Waals surface area contributed by atoms with E-state index in [2.05, 4.69) is 6.92 Å². The molecule has 3 fully saturated rings. The van der Waals surface area contributed by atoms with Crippen molar-refractivity contribution in [3.05, 3.63) is 47.6 Å². The van der Waals surface area contributed by atoms with E-state index < -0.39 is 65.9 Å². The van der Waals surface area contributed by atoms with Crippen molar-refractivity contribution >= 4 is 23.4 Å². The highest BCUT2D eigenvalue weighted by Gasteiger charge is 2.53. The van der Waals surface area contributed by atoms with Gasteiger partial charge in [0.15, 0.2) is 5.78 Å². The summed E-state index contributed by atoms with van der Waals surface area (Å²) >= 11 is 0. The number of amides is 1. The number of rotatable bonds is 9. The molecule has 4 rings (SSSR count). The maximum Gasteiger partial charge on any atom is 0.329 e. The molecule has 0 spiro atoms. The number of aliphatic hydroxyl groups is 3. The van der Waals surface area contributed by atoms with E-state index in [0.717, 1.165) is 31.3 Å². The van der Waals surface area contributed by atoms with Crippen LogP contribution in [0, 0.1) is 35.5 Å². The van der Waals surface area contributed by atoms with Gasteiger partial charge in [0.25, 0.3) is 11.7 Å². The summed E-state index contributed by atoms with van der Waals surface area (Å²) in [7, 11) is 4.71. The van der Waals surface area contributed by atoms with Gasteiger partial charge in [-0.1, -0.05) is 71.1 Å². The molecule has 2 bridgehead atoms. The highest BCUT2D eigenvalue weighted by molar-refractivity contribution is 6.39. The van der Waals surface area contributed by atoms with Gasteiger partial charge in [-0.3, -0.25) is 14.4 Å². The summed E-state index contributed by atoms with van der Waals surface area (Å²) in [5.74, 6) is -6.09. The molecule has 0 unspecified atom stereocenters. The van der Waals surface area contributed by atoms with Gasteiger partial charge in [0.2, 0.25) is 5.79 Å². The summed E-state index contributed by atoms with van der Waals surface area (Å²) in [5.41, 5.74) is 1.51. The first-order chi connectivity index (χ1) is 31.9. The van der Waals surface area contributed by atoms with E-state index in [9.17, 15) is 34.5 Å². The maximum atomic E-state index is 14.5. The second-order valence-corrected chi connectivity index (χ2v) is 20.3. The molecule has 1 amide bonds. The van der Waals surface area contributed by atoms with Gasteiger partial charge in [-0.25, -0.2) is 4.79 Å². The second kappa shape index (κ2) is 27.3. The first kappa shape index (κ1) is 56.5. The highest BCUT2D eigenvalue weighted by Crippen LogP contribution is 2.38. The van der Waals surface area contributed by atoms with Crippen LogP contribution in [-0.2, 0) is 47.6 Å². The molecule has 14 nitrogen and oxygen atoms in total. The number of allylic oxidation sites excluding steroid dienone is 6. The zero-order valence-corrected chi connectivity index (χ0v) is 42.2. The van der Waals surface area contributed by atoms with E-state index in [-0.39, 0.29) is 67.3 Å². The molecule has 2 saturated heterocycles. The standard InChI is InChI=1S/C53H85NO13/c1-33-16-12-11-13-17-35(3)45(62-8)32-41-22-20-39(7)53(61,67-41)50(58)51(59)54-25-15-14-18-42(54)52(60)66-43(36(4)30-40-21-24-44(65-27-26-55)46(31-40)63-9)23-19-34(2)29-38(6)48(57)49(64-10)47(56)37(5)28-33/h11-13,16-17,29,33-34,36-37,39-46,48-49,55,57,61H,14-15,18-28,30-32H2,1-10H3/b13-11+,16-12+,35-17+,38-29+/t33-,34+,36-,37-,39-,40+,41+,42+,43+,44-,45+,46-,48-,49+,53-/m1/s1. The predicted molar refractivity (Wildman–Crippen MR) is 256 cm³/mol. The van der Waals surface area contributed by atoms with E-state index in [1.165, 1.54) is 12.0 Å². The number of nitrogens with zero attached hydrogens (tertiary/aromatic N) is 1. The van der Waals surface area contributed by atoms with Crippen molar-refractivity contribution < 1.29 is 62.9 Å². The monoisotopic (exact) mass is 944 g/mol. The zero-order chi connectivity index (χ0) is 49.4. The third-order valence-electron chi connectivity index (χ3n) is 14.9. The smallest absolute Gasteiger partial charge is 0.329 e. The minimum absolute atomic E-state index is 0.0636. The average molecular weight is 944 g/mol. The number of methoxy groups -OCH3 is 3. The molecule has 3 aliphatic heterocycles. The Morgan fingerprint density at radius 1 is 0.821 bits per heavy atom. The topological polar surface area (TPSA) is 188 Å². The third-order valence-corrected chi connectivity index (χ3v) is 14.9. The molecular formula is C53H85NO13. The van der Waals surface area contributed by atoms with Crippen molar-refractivity contribution in [2.75, 3.05) is 41.1 Å². The Balaban J connectivity index is 1.67. The summed E-state index contributed by atoms with van der Waals surface area (Å²) in [6, 6.07) is -1.02. The van der Waals surface area contributed by atoms with Crippen LogP contribution in [0.15, 0.2) is 47.6 Å². The number of fused-ring (bicyclic) bond motifs is 3. The molecule has 4 aliphatic rings. The molecule has 3 N–H and O–H groups in total. The Kier molecular flexibility index (Phi) is 23.1. The summed E-state index contributed by atoms with van der Waals surface area (Å²) < 4.78 is 35.9. The molecule has 0 aromatic heterocycles. The summed E-state index contributed by atoms with van der Waals surface area (Å²) in [4.78, 5) is 58.0. The van der Waals surface area contributed by atoms with E-state index in [1.807, 2.05) is 64.2 Å². The molecule has 0 radical (unpaired) electrons. The van der Waals surface area contributed by atoms with Crippen molar-refractivity contribution in [3.8, 4) is 0 Å². The zero-order valence-electron chi connectivity index (χ0n) is 42.2. The van der Waals surface area contributed by atoms with Crippen LogP contribution in [0.2, 0.25) is 0 Å². The van der Waals surface area contributed by atoms with Crippen molar-refractivity contribution in [2.24, 2.45) is 35.5 Å². The molecule has 15 atom stereocenters. The fraction of sp³-hybridized carbons (Fsp3) is 0.774. The number of ketones is 2. The molecule has 380 valence electrons. The molecule has 1 saturated carbocycles. The van der Waals surface area contributed by atoms with Crippen LogP contribution in [0.4, 0.5) is 0 Å². The Bertz CT molecular complexity index is 1730. The number of cyclic esters (lactones) is 1. The van der Waals surface area contributed by atoms with Gasteiger partial charge in [-0.05, 0) is 126 Å². The molecule has 3 heterocycles. The number of carbonyl (C=O) groups is 4. The summed E-state index contributed by atoms with van der Waals surface area (Å²) in [6.45, 7) is 13.8. The number of esters is 1. The van der Waals surface area contributed by atoms with Gasteiger partial charge in [0, 0.05) is 46.1 Å². The van der Waals surface area contributed by atoms with Crippen molar-refractivity contribution in [3.63, 3.8) is 0 Å². The molecule has 0 aromatic rings. The molecular weight excluding hydrogens is 859 g/mol. The first-order valence-electron chi connectivity index (χ1n) is 25.1. The normalized spacial score (nSPS) is 39.5. The molecule has 0 aromatic carbocycles. The van der Waals surface area contributed by atoms with E-state index >= 15 is 0 Å². The summed E-state index contributed by atoms with van der Waals surface area (Å²) in [5, 5.41) is 32.8. The van der Waals surface area contributed by atoms with E-state index in [0.29, 0.717) is 63.4 Å². The summed E-state index contributed by atoms with van der Waals surface area (Å²) in [6.07, 6.45) is 15.3. The Morgan fingerprint density at radius 3 is 2.25 bits per heavy atom. The van der Waals surface area contributed by atoms with Gasteiger partial charge >= 0.3 is 5.97 Å². The fourth-order valence-electron chi connectivity index (χ4n) is 10.7. The molecule has 67 heavy (non-hydrogen) atoms. The van der Waals surface area contributed by atoms with Gasteiger partial charge in [-0.15, -0.1) is 0 Å². The lowest BCUT2D eigenvalue weighted by atomic mass is 9.78. The van der Waals surface area contributed by atoms with Crippen LogP contribution in [0.5, 0.6) is 0 Å². The number of ether oxygens (including phenoxy) is 6. The van der Waals surface area contributed by atoms with Crippen LogP contribution in [0.25, 0.3) is 0 Å². The lowest BCUT2D eigenvalue weighted by Crippen LogP contribution is -2.61. The van der Waals surface area contributed by atoms with E-state index in [4.69, 9.17) is 28.4 Å². The van der Waals surface area contributed by atoms with E-state index in [1.54, 1.807) is 28.1 Å². The fourth-order valence-corrected chi connectivity index (χ4v) is 10.7. The van der Waals surface area contributed by atoms with Gasteiger partial charge in [0.05, 0.1) is 37.6 Å². The van der Waals surface area contributed by atoms with Crippen molar-refractivity contribution in [1.82, 2.24) is 4.90 Å².